The van der Waals surface area contributed by atoms with Gasteiger partial charge in [-0.25, -0.2) is 0 Å². The molecule has 0 saturated carbocycles. The average molecular weight is 740 g/mol. The first-order valence-corrected chi connectivity index (χ1v) is 19.8. The Morgan fingerprint density at radius 1 is 0.241 bits per heavy atom. The summed E-state index contributed by atoms with van der Waals surface area (Å²) in [6.45, 7) is 0. The maximum absolute atomic E-state index is 6.22. The normalized spacial score (nSPS) is 11.4. The molecule has 0 radical (unpaired) electrons. The van der Waals surface area contributed by atoms with Crippen LogP contribution >= 0.6 is 0 Å². The first-order chi connectivity index (χ1) is 28.7. The zero-order chi connectivity index (χ0) is 38.4. The van der Waals surface area contributed by atoms with E-state index < -0.39 is 0 Å². The molecular weight excluding hydrogens is 703 g/mol. The Balaban J connectivity index is 0.936. The van der Waals surface area contributed by atoms with Gasteiger partial charge in [-0.3, -0.25) is 0 Å². The Kier molecular flexibility index (Phi) is 8.19. The van der Waals surface area contributed by atoms with Gasteiger partial charge in [0.2, 0.25) is 0 Å². The number of fused-ring (bicyclic) bond motifs is 5. The van der Waals surface area contributed by atoms with Crippen molar-refractivity contribution in [3.8, 4) is 44.5 Å². The predicted octanol–water partition coefficient (Wildman–Crippen LogP) is 16.0. The summed E-state index contributed by atoms with van der Waals surface area (Å²) in [6.07, 6.45) is 0. The molecule has 0 unspecified atom stereocenters. The van der Waals surface area contributed by atoms with Crippen LogP contribution in [0.25, 0.3) is 88.0 Å². The van der Waals surface area contributed by atoms with E-state index in [4.69, 9.17) is 4.42 Å². The lowest BCUT2D eigenvalue weighted by Gasteiger charge is -2.26. The lowest BCUT2D eigenvalue weighted by atomic mass is 9.98. The van der Waals surface area contributed by atoms with Crippen molar-refractivity contribution in [1.29, 1.82) is 0 Å². The number of anilines is 3. The van der Waals surface area contributed by atoms with Crippen LogP contribution in [0.3, 0.4) is 0 Å². The largest absolute Gasteiger partial charge is 0.456 e. The van der Waals surface area contributed by atoms with E-state index >= 15 is 0 Å². The maximum Gasteiger partial charge on any atom is 0.136 e. The second-order valence-corrected chi connectivity index (χ2v) is 15.0. The Bertz CT molecular complexity index is 3140. The average Bonchev–Trinajstić information content (AvgIpc) is 3.68. The third kappa shape index (κ3) is 6.18. The predicted molar refractivity (Wildman–Crippen MR) is 245 cm³/mol. The van der Waals surface area contributed by atoms with Crippen molar-refractivity contribution in [3.63, 3.8) is 0 Å². The molecule has 0 aliphatic carbocycles. The van der Waals surface area contributed by atoms with Gasteiger partial charge in [-0.1, -0.05) is 152 Å². The maximum atomic E-state index is 6.22. The lowest BCUT2D eigenvalue weighted by molar-refractivity contribution is 0.669. The molecule has 11 rings (SSSR count). The molecule has 0 fully saturated rings. The van der Waals surface area contributed by atoms with Crippen LogP contribution in [-0.2, 0) is 0 Å². The highest BCUT2D eigenvalue weighted by Crippen LogP contribution is 2.39. The molecule has 2 nitrogen and oxygen atoms in total. The third-order valence-corrected chi connectivity index (χ3v) is 11.5. The standard InChI is InChI=1S/C56H37NO/c1-3-10-43-35-47(18-16-38(43)8-1)41-22-29-51(30-23-41)57(52-31-24-42(25-32-52)48-19-17-39-9-2-4-11-44(39)36-48)50-27-20-40(21-28-50)45-12-7-13-46(34-45)49-26-33-54-53-14-5-6-15-55(53)58-56(54)37-49/h1-37H. The van der Waals surface area contributed by atoms with Crippen LogP contribution in [0.15, 0.2) is 229 Å². The highest BCUT2D eigenvalue weighted by molar-refractivity contribution is 6.06. The highest BCUT2D eigenvalue weighted by atomic mass is 16.3. The number of hydrogen-bond acceptors (Lipinski definition) is 2. The van der Waals surface area contributed by atoms with E-state index in [9.17, 15) is 0 Å². The molecule has 0 atom stereocenters. The summed E-state index contributed by atoms with van der Waals surface area (Å²) in [5, 5.41) is 7.28. The summed E-state index contributed by atoms with van der Waals surface area (Å²) in [5.74, 6) is 0. The van der Waals surface area contributed by atoms with Crippen LogP contribution in [0.1, 0.15) is 0 Å². The van der Waals surface area contributed by atoms with E-state index in [1.54, 1.807) is 0 Å². The topological polar surface area (TPSA) is 16.4 Å². The van der Waals surface area contributed by atoms with E-state index in [-0.39, 0.29) is 0 Å². The summed E-state index contributed by atoms with van der Waals surface area (Å²) in [5.41, 5.74) is 14.5. The summed E-state index contributed by atoms with van der Waals surface area (Å²) in [4.78, 5) is 2.34. The van der Waals surface area contributed by atoms with Crippen molar-refractivity contribution in [2.75, 3.05) is 4.90 Å². The minimum Gasteiger partial charge on any atom is -0.456 e. The van der Waals surface area contributed by atoms with Gasteiger partial charge < -0.3 is 9.32 Å². The van der Waals surface area contributed by atoms with Crippen LogP contribution in [0.5, 0.6) is 0 Å². The minimum absolute atomic E-state index is 0.907. The number of furan rings is 1. The molecule has 0 N–H and O–H groups in total. The van der Waals surface area contributed by atoms with Gasteiger partial charge in [0.15, 0.2) is 0 Å². The fourth-order valence-corrected chi connectivity index (χ4v) is 8.38. The van der Waals surface area contributed by atoms with Crippen LogP contribution in [0.4, 0.5) is 17.1 Å². The Hall–Kier alpha value is -7.68. The molecule has 0 bridgehead atoms. The van der Waals surface area contributed by atoms with Crippen LogP contribution in [-0.4, -0.2) is 0 Å². The third-order valence-electron chi connectivity index (χ3n) is 11.5. The fourth-order valence-electron chi connectivity index (χ4n) is 8.38. The van der Waals surface area contributed by atoms with Crippen LogP contribution in [0, 0.1) is 0 Å². The SMILES string of the molecule is c1cc(-c2ccc(N(c3ccc(-c4ccc5ccccc5c4)cc3)c3ccc(-c4ccc5ccccc5c4)cc3)cc2)cc(-c2ccc3c(c2)oc2ccccc23)c1. The summed E-state index contributed by atoms with van der Waals surface area (Å²) < 4.78 is 6.22. The van der Waals surface area contributed by atoms with Gasteiger partial charge in [-0.05, 0) is 139 Å². The first-order valence-electron chi connectivity index (χ1n) is 19.8. The summed E-state index contributed by atoms with van der Waals surface area (Å²) in [6, 6.07) is 80.8. The molecule has 0 saturated heterocycles. The van der Waals surface area contributed by atoms with E-state index in [1.165, 1.54) is 49.4 Å². The number of rotatable bonds is 7. The van der Waals surface area contributed by atoms with E-state index in [1.807, 2.05) is 12.1 Å². The molecule has 1 aromatic heterocycles. The van der Waals surface area contributed by atoms with Crippen molar-refractivity contribution in [1.82, 2.24) is 0 Å². The van der Waals surface area contributed by atoms with Gasteiger partial charge in [-0.2, -0.15) is 0 Å². The summed E-state index contributed by atoms with van der Waals surface area (Å²) >= 11 is 0. The zero-order valence-electron chi connectivity index (χ0n) is 31.7. The lowest BCUT2D eigenvalue weighted by Crippen LogP contribution is -2.09. The number of benzene rings is 10. The van der Waals surface area contributed by atoms with Gasteiger partial charge in [-0.15, -0.1) is 0 Å². The molecule has 10 aromatic carbocycles. The second-order valence-electron chi connectivity index (χ2n) is 15.0. The Labute approximate surface area is 337 Å². The molecule has 11 aromatic rings. The minimum atomic E-state index is 0.907. The summed E-state index contributed by atoms with van der Waals surface area (Å²) in [7, 11) is 0. The quantitative estimate of drug-likeness (QED) is 0.162. The highest BCUT2D eigenvalue weighted by Gasteiger charge is 2.15. The van der Waals surface area contributed by atoms with Gasteiger partial charge >= 0.3 is 0 Å². The number of para-hydroxylation sites is 1. The second kappa shape index (κ2) is 14.1. The smallest absolute Gasteiger partial charge is 0.136 e. The van der Waals surface area contributed by atoms with Crippen molar-refractivity contribution in [3.05, 3.63) is 224 Å². The first kappa shape index (κ1) is 33.6. The zero-order valence-corrected chi connectivity index (χ0v) is 31.7. The van der Waals surface area contributed by atoms with Crippen molar-refractivity contribution in [2.45, 2.75) is 0 Å². The van der Waals surface area contributed by atoms with Crippen molar-refractivity contribution in [2.24, 2.45) is 0 Å². The molecule has 1 heterocycles. The van der Waals surface area contributed by atoms with Gasteiger partial charge in [0, 0.05) is 27.8 Å². The van der Waals surface area contributed by atoms with Gasteiger partial charge in [0.05, 0.1) is 0 Å². The van der Waals surface area contributed by atoms with Crippen LogP contribution in [0.2, 0.25) is 0 Å². The van der Waals surface area contributed by atoms with Crippen molar-refractivity contribution < 1.29 is 4.42 Å². The Morgan fingerprint density at radius 2 is 0.638 bits per heavy atom. The van der Waals surface area contributed by atoms with E-state index in [2.05, 4.69) is 217 Å². The molecule has 0 amide bonds. The monoisotopic (exact) mass is 739 g/mol. The molecule has 58 heavy (non-hydrogen) atoms. The van der Waals surface area contributed by atoms with E-state index in [0.717, 1.165) is 55.7 Å². The number of hydrogen-bond donors (Lipinski definition) is 0. The Morgan fingerprint density at radius 3 is 1.19 bits per heavy atom. The molecule has 0 aliphatic rings. The van der Waals surface area contributed by atoms with Crippen LogP contribution < -0.4 is 4.90 Å². The molecule has 0 aliphatic heterocycles. The molecule has 272 valence electrons. The van der Waals surface area contributed by atoms with Crippen molar-refractivity contribution >= 4 is 60.5 Å². The van der Waals surface area contributed by atoms with Gasteiger partial charge in [0.25, 0.3) is 0 Å². The molecular formula is C56H37NO. The van der Waals surface area contributed by atoms with E-state index in [0.29, 0.717) is 0 Å². The number of nitrogens with zero attached hydrogens (tertiary/aromatic N) is 1. The fraction of sp³-hybridized carbons (Fsp3) is 0. The molecule has 2 heteroatoms. The van der Waals surface area contributed by atoms with Gasteiger partial charge in [0.1, 0.15) is 11.2 Å². The molecule has 0 spiro atoms.